The van der Waals surface area contributed by atoms with Crippen LogP contribution in [0.15, 0.2) is 16.9 Å². The Morgan fingerprint density at radius 2 is 2.10 bits per heavy atom. The van der Waals surface area contributed by atoms with Gasteiger partial charge in [0, 0.05) is 43.6 Å². The minimum Gasteiger partial charge on any atom is -0.453 e. The lowest BCUT2D eigenvalue weighted by Crippen LogP contribution is -2.33. The molecule has 0 saturated heterocycles. The molecule has 3 rings (SSSR count). The van der Waals surface area contributed by atoms with Crippen LogP contribution >= 0.6 is 15.9 Å². The molecule has 0 radical (unpaired) electrons. The van der Waals surface area contributed by atoms with Crippen LogP contribution in [-0.4, -0.2) is 55.8 Å². The highest BCUT2D eigenvalue weighted by molar-refractivity contribution is 9.10. The van der Waals surface area contributed by atoms with E-state index >= 15 is 0 Å². The summed E-state index contributed by atoms with van der Waals surface area (Å²) in [4.78, 5) is 27.7. The summed E-state index contributed by atoms with van der Waals surface area (Å²) in [6.45, 7) is 8.11. The van der Waals surface area contributed by atoms with Gasteiger partial charge in [-0.05, 0) is 41.2 Å². The van der Waals surface area contributed by atoms with Crippen molar-refractivity contribution in [1.29, 1.82) is 0 Å². The molecule has 10 heteroatoms. The van der Waals surface area contributed by atoms with E-state index in [1.54, 1.807) is 6.20 Å². The van der Waals surface area contributed by atoms with Gasteiger partial charge in [0.25, 0.3) is 0 Å². The quantitative estimate of drug-likeness (QED) is 0.290. The van der Waals surface area contributed by atoms with Crippen LogP contribution < -0.4 is 10.6 Å². The number of nitrogens with one attached hydrogen (secondary N) is 2. The number of nitrogens with zero attached hydrogens (tertiary/aromatic N) is 2. The Hall–Kier alpha value is -1.91. The summed E-state index contributed by atoms with van der Waals surface area (Å²) in [7, 11) is 0.215. The Bertz CT molecular complexity index is 944. The molecule has 8 nitrogen and oxygen atoms in total. The van der Waals surface area contributed by atoms with Crippen LogP contribution in [0, 0.1) is 0 Å². The molecule has 2 N–H and O–H groups in total. The zero-order valence-electron chi connectivity index (χ0n) is 18.5. The average Bonchev–Trinajstić information content (AvgIpc) is 3.28. The van der Waals surface area contributed by atoms with Gasteiger partial charge in [0.1, 0.15) is 12.4 Å². The number of anilines is 1. The lowest BCUT2D eigenvalue weighted by Gasteiger charge is -2.18. The first kappa shape index (κ1) is 23.7. The van der Waals surface area contributed by atoms with E-state index in [1.807, 2.05) is 10.8 Å². The molecule has 1 aliphatic rings. The molecule has 2 aromatic heterocycles. The van der Waals surface area contributed by atoms with E-state index in [4.69, 9.17) is 9.47 Å². The third-order valence-electron chi connectivity index (χ3n) is 5.51. The molecule has 31 heavy (non-hydrogen) atoms. The fraction of sp³-hybridized carbons (Fsp3) is 0.571. The minimum atomic E-state index is -1.15. The van der Waals surface area contributed by atoms with Crippen LogP contribution in [0.2, 0.25) is 25.7 Å². The summed E-state index contributed by atoms with van der Waals surface area (Å²) < 4.78 is 13.4. The average molecular weight is 511 g/mol. The normalized spacial score (nSPS) is 18.9. The summed E-state index contributed by atoms with van der Waals surface area (Å²) in [5.74, 6) is 0. The molecular weight excluding hydrogens is 480 g/mol. The number of halogens is 1. The lowest BCUT2D eigenvalue weighted by atomic mass is 10.1. The van der Waals surface area contributed by atoms with Gasteiger partial charge in [-0.1, -0.05) is 19.6 Å². The van der Waals surface area contributed by atoms with Crippen molar-refractivity contribution < 1.29 is 19.1 Å². The number of amides is 1. The largest absolute Gasteiger partial charge is 0.453 e. The highest BCUT2D eigenvalue weighted by atomic mass is 79.9. The number of hydrogen-bond acceptors (Lipinski definition) is 6. The van der Waals surface area contributed by atoms with E-state index in [1.165, 1.54) is 7.11 Å². The van der Waals surface area contributed by atoms with Gasteiger partial charge in [-0.3, -0.25) is 4.79 Å². The van der Waals surface area contributed by atoms with Gasteiger partial charge in [0.05, 0.1) is 23.7 Å². The van der Waals surface area contributed by atoms with Gasteiger partial charge < -0.3 is 24.7 Å². The summed E-state index contributed by atoms with van der Waals surface area (Å²) >= 11 is 3.64. The molecule has 0 aliphatic heterocycles. The number of alkyl carbamates (subject to hydrolysis) is 1. The molecule has 0 aromatic carbocycles. The van der Waals surface area contributed by atoms with Crippen LogP contribution in [0.5, 0.6) is 0 Å². The number of carbonyl (C=O) groups is 2. The Kier molecular flexibility index (Phi) is 7.76. The van der Waals surface area contributed by atoms with Gasteiger partial charge in [0.2, 0.25) is 0 Å². The minimum absolute atomic E-state index is 0.0507. The Balaban J connectivity index is 1.77. The molecule has 1 aliphatic carbocycles. The Labute approximate surface area is 192 Å². The third kappa shape index (κ3) is 6.08. The van der Waals surface area contributed by atoms with E-state index in [0.29, 0.717) is 12.3 Å². The van der Waals surface area contributed by atoms with Gasteiger partial charge in [-0.25, -0.2) is 9.78 Å². The number of aromatic nitrogens is 2. The number of methoxy groups -OCH3 is 1. The van der Waals surface area contributed by atoms with Crippen molar-refractivity contribution in [2.24, 2.45) is 0 Å². The highest BCUT2D eigenvalue weighted by Crippen LogP contribution is 2.35. The second kappa shape index (κ2) is 10.1. The second-order valence-corrected chi connectivity index (χ2v) is 15.7. The first-order valence-electron chi connectivity index (χ1n) is 10.5. The number of rotatable bonds is 9. The molecular formula is C21H31BrN4O4Si. The summed E-state index contributed by atoms with van der Waals surface area (Å²) in [6.07, 6.45) is 6.44. The SMILES string of the molecule is COC(=O)N[C@@H]1CC[C@@H](Nc2c(C=O)cnc3c2c(Br)cn3COCC[Si](C)(C)C)C1. The van der Waals surface area contributed by atoms with Crippen LogP contribution in [0.25, 0.3) is 11.0 Å². The van der Waals surface area contributed by atoms with E-state index in [0.717, 1.165) is 59.4 Å². The number of aldehydes is 1. The fourth-order valence-corrected chi connectivity index (χ4v) is 5.16. The van der Waals surface area contributed by atoms with E-state index < -0.39 is 14.2 Å². The van der Waals surface area contributed by atoms with Crippen molar-refractivity contribution in [3.05, 3.63) is 22.4 Å². The van der Waals surface area contributed by atoms with Crippen LogP contribution in [-0.2, 0) is 16.2 Å². The fourth-order valence-electron chi connectivity index (χ4n) is 3.78. The first-order chi connectivity index (χ1) is 14.7. The molecule has 1 fully saturated rings. The number of carbonyl (C=O) groups excluding carboxylic acids is 2. The Morgan fingerprint density at radius 1 is 1.35 bits per heavy atom. The van der Waals surface area contributed by atoms with Gasteiger partial charge in [-0.2, -0.15) is 0 Å². The molecule has 1 amide bonds. The van der Waals surface area contributed by atoms with Crippen molar-refractivity contribution in [3.8, 4) is 0 Å². The first-order valence-corrected chi connectivity index (χ1v) is 15.0. The molecule has 0 spiro atoms. The van der Waals surface area contributed by atoms with Crippen LogP contribution in [0.3, 0.4) is 0 Å². The standard InChI is InChI=1S/C21H31BrN4O4Si/c1-29-21(28)25-16-6-5-15(9-16)24-19-14(12-27)10-23-20-18(19)17(22)11-26(20)13-30-7-8-31(2,3)4/h10-12,15-16H,5-9,13H2,1-4H3,(H,23,24)(H,25,28)/t15-,16-/m1/s1. The number of ether oxygens (including phenoxy) is 2. The molecule has 0 bridgehead atoms. The van der Waals surface area contributed by atoms with Crippen molar-refractivity contribution in [2.45, 2.75) is 63.8 Å². The zero-order chi connectivity index (χ0) is 22.6. The molecule has 1 saturated carbocycles. The Morgan fingerprint density at radius 3 is 2.77 bits per heavy atom. The van der Waals surface area contributed by atoms with E-state index in [-0.39, 0.29) is 12.1 Å². The predicted molar refractivity (Wildman–Crippen MR) is 128 cm³/mol. The smallest absolute Gasteiger partial charge is 0.407 e. The maximum absolute atomic E-state index is 11.7. The third-order valence-corrected chi connectivity index (χ3v) is 7.82. The number of fused-ring (bicyclic) bond motifs is 1. The van der Waals surface area contributed by atoms with Crippen molar-refractivity contribution in [1.82, 2.24) is 14.9 Å². The van der Waals surface area contributed by atoms with E-state index in [2.05, 4.69) is 51.2 Å². The van der Waals surface area contributed by atoms with Gasteiger partial charge in [0.15, 0.2) is 6.29 Å². The molecule has 2 heterocycles. The van der Waals surface area contributed by atoms with Crippen LogP contribution in [0.4, 0.5) is 10.5 Å². The van der Waals surface area contributed by atoms with Crippen molar-refractivity contribution >= 4 is 53.1 Å². The number of pyridine rings is 1. The van der Waals surface area contributed by atoms with Crippen LogP contribution in [0.1, 0.15) is 29.6 Å². The maximum atomic E-state index is 11.7. The van der Waals surface area contributed by atoms with Gasteiger partial charge >= 0.3 is 6.09 Å². The second-order valence-electron chi connectivity index (χ2n) is 9.19. The molecule has 2 aromatic rings. The molecule has 170 valence electrons. The topological polar surface area (TPSA) is 94.5 Å². The summed E-state index contributed by atoms with van der Waals surface area (Å²) in [5, 5.41) is 7.24. The molecule has 2 atom stereocenters. The van der Waals surface area contributed by atoms with Gasteiger partial charge in [-0.15, -0.1) is 0 Å². The lowest BCUT2D eigenvalue weighted by molar-refractivity contribution is 0.0898. The molecule has 0 unspecified atom stereocenters. The van der Waals surface area contributed by atoms with Crippen molar-refractivity contribution in [3.63, 3.8) is 0 Å². The summed E-state index contributed by atoms with van der Waals surface area (Å²) in [5.41, 5.74) is 2.03. The van der Waals surface area contributed by atoms with E-state index in [9.17, 15) is 9.59 Å². The highest BCUT2D eigenvalue weighted by Gasteiger charge is 2.28. The summed E-state index contributed by atoms with van der Waals surface area (Å²) in [6, 6.07) is 1.29. The maximum Gasteiger partial charge on any atom is 0.407 e. The monoisotopic (exact) mass is 510 g/mol. The zero-order valence-corrected chi connectivity index (χ0v) is 21.1. The van der Waals surface area contributed by atoms with Crippen molar-refractivity contribution in [2.75, 3.05) is 19.0 Å². The number of hydrogen-bond donors (Lipinski definition) is 2. The predicted octanol–water partition coefficient (Wildman–Crippen LogP) is 4.61.